The van der Waals surface area contributed by atoms with Crippen molar-refractivity contribution in [1.29, 1.82) is 0 Å². The zero-order valence-corrected chi connectivity index (χ0v) is 13.8. The van der Waals surface area contributed by atoms with Crippen molar-refractivity contribution in [2.45, 2.75) is 43.3 Å². The summed E-state index contributed by atoms with van der Waals surface area (Å²) in [6.45, 7) is 4.28. The van der Waals surface area contributed by atoms with Gasteiger partial charge in [-0.3, -0.25) is 0 Å². The van der Waals surface area contributed by atoms with E-state index in [-0.39, 0.29) is 29.1 Å². The lowest BCUT2D eigenvalue weighted by atomic mass is 9.97. The van der Waals surface area contributed by atoms with Crippen LogP contribution in [-0.4, -0.2) is 48.5 Å². The monoisotopic (exact) mass is 335 g/mol. The summed E-state index contributed by atoms with van der Waals surface area (Å²) in [5.41, 5.74) is 4.69. The minimum Gasteiger partial charge on any atom is -0.385 e. The molecule has 4 N–H and O–H groups in total. The molecule has 1 aliphatic rings. The highest BCUT2D eigenvalue weighted by Crippen LogP contribution is 2.34. The Labute approximate surface area is 128 Å². The van der Waals surface area contributed by atoms with Crippen LogP contribution in [0.2, 0.25) is 0 Å². The van der Waals surface area contributed by atoms with Crippen LogP contribution in [0.5, 0.6) is 0 Å². The third-order valence-corrected chi connectivity index (χ3v) is 6.60. The minimum atomic E-state index is -3.46. The van der Waals surface area contributed by atoms with Gasteiger partial charge in [0.2, 0.25) is 0 Å². The van der Waals surface area contributed by atoms with Gasteiger partial charge in [-0.05, 0) is 24.9 Å². The van der Waals surface area contributed by atoms with Crippen LogP contribution in [0.15, 0.2) is 4.90 Å². The number of ether oxygens (including phenoxy) is 1. The lowest BCUT2D eigenvalue weighted by Crippen LogP contribution is -2.43. The molecule has 9 heteroatoms. The molecule has 2 heterocycles. The van der Waals surface area contributed by atoms with E-state index in [4.69, 9.17) is 10.5 Å². The summed E-state index contributed by atoms with van der Waals surface area (Å²) in [6.07, 6.45) is 0.712. The summed E-state index contributed by atoms with van der Waals surface area (Å²) < 4.78 is 33.7. The van der Waals surface area contributed by atoms with E-state index in [1.807, 2.05) is 0 Å². The molecule has 1 aromatic heterocycles. The van der Waals surface area contributed by atoms with Crippen molar-refractivity contribution in [3.8, 4) is 0 Å². The van der Waals surface area contributed by atoms with Crippen molar-refractivity contribution in [2.75, 3.05) is 30.0 Å². The van der Waals surface area contributed by atoms with Gasteiger partial charge >= 0.3 is 0 Å². The number of nitrogens with zero attached hydrogens (tertiary/aromatic N) is 1. The van der Waals surface area contributed by atoms with Gasteiger partial charge < -0.3 is 20.9 Å². The first-order valence-electron chi connectivity index (χ1n) is 6.86. The minimum absolute atomic E-state index is 0.0126. The molecule has 0 saturated carbocycles. The smallest absolute Gasteiger partial charge is 0.185 e. The molecule has 2 unspecified atom stereocenters. The van der Waals surface area contributed by atoms with E-state index in [0.29, 0.717) is 24.4 Å². The molecule has 1 saturated heterocycles. The van der Waals surface area contributed by atoms with Crippen LogP contribution in [-0.2, 0) is 14.6 Å². The Morgan fingerprint density at radius 2 is 2.33 bits per heavy atom. The number of nitrogens with two attached hydrogens (primary N) is 1. The van der Waals surface area contributed by atoms with Gasteiger partial charge in [0.15, 0.2) is 15.7 Å². The molecular formula is C12H21N3O4S2. The zero-order chi connectivity index (χ0) is 15.7. The Bertz CT molecular complexity index is 602. The molecule has 0 amide bonds. The number of anilines is 2. The molecule has 1 aromatic rings. The van der Waals surface area contributed by atoms with E-state index in [0.717, 1.165) is 11.5 Å². The highest BCUT2D eigenvalue weighted by atomic mass is 32.2. The molecule has 2 atom stereocenters. The van der Waals surface area contributed by atoms with Crippen molar-refractivity contribution in [1.82, 2.24) is 4.37 Å². The Kier molecular flexibility index (Phi) is 4.76. The van der Waals surface area contributed by atoms with Crippen molar-refractivity contribution >= 4 is 32.2 Å². The maximum atomic E-state index is 12.2. The number of hydrogen-bond acceptors (Lipinski definition) is 8. The predicted molar refractivity (Wildman–Crippen MR) is 82.3 cm³/mol. The number of hydrogen-bond donors (Lipinski definition) is 3. The average molecular weight is 335 g/mol. The first-order chi connectivity index (χ1) is 9.80. The fraction of sp³-hybridized carbons (Fsp3) is 0.750. The molecule has 21 heavy (non-hydrogen) atoms. The normalized spacial score (nSPS) is 26.1. The molecule has 0 spiro atoms. The lowest BCUT2D eigenvalue weighted by Gasteiger charge is -2.26. The number of sulfone groups is 1. The molecule has 0 radical (unpaired) electrons. The molecule has 120 valence electrons. The number of aromatic nitrogens is 1. The fourth-order valence-electron chi connectivity index (χ4n) is 2.31. The highest BCUT2D eigenvalue weighted by Gasteiger charge is 2.40. The molecule has 1 aliphatic heterocycles. The number of rotatable bonds is 6. The van der Waals surface area contributed by atoms with Gasteiger partial charge in [-0.2, -0.15) is 4.37 Å². The van der Waals surface area contributed by atoms with Gasteiger partial charge in [-0.15, -0.1) is 0 Å². The second kappa shape index (κ2) is 6.07. The van der Waals surface area contributed by atoms with E-state index in [1.54, 1.807) is 13.8 Å². The van der Waals surface area contributed by atoms with Crippen molar-refractivity contribution in [2.24, 2.45) is 0 Å². The van der Waals surface area contributed by atoms with E-state index >= 15 is 0 Å². The van der Waals surface area contributed by atoms with Crippen molar-refractivity contribution < 1.29 is 18.3 Å². The largest absolute Gasteiger partial charge is 0.385 e. The van der Waals surface area contributed by atoms with Gasteiger partial charge in [0.05, 0.1) is 11.9 Å². The number of aliphatic hydroxyl groups is 1. The van der Waals surface area contributed by atoms with Gasteiger partial charge in [-0.1, -0.05) is 6.92 Å². The maximum absolute atomic E-state index is 12.2. The molecule has 1 fully saturated rings. The van der Waals surface area contributed by atoms with Gasteiger partial charge in [-0.25, -0.2) is 8.42 Å². The summed E-state index contributed by atoms with van der Waals surface area (Å²) in [5.74, 6) is 0.0345. The summed E-state index contributed by atoms with van der Waals surface area (Å²) in [4.78, 5) is 0.0459. The highest BCUT2D eigenvalue weighted by molar-refractivity contribution is 7.91. The van der Waals surface area contributed by atoms with Gasteiger partial charge in [0.25, 0.3) is 0 Å². The van der Waals surface area contributed by atoms with E-state index < -0.39 is 15.4 Å². The standard InChI is InChI=1S/C12H21N3O4S2/c1-3-6-21(17,18)9-10(13)15-20-11(9)14-7-12(16)4-5-19-8(12)2/h8,14,16H,3-7H2,1-2H3,(H2,13,15). The second-order valence-electron chi connectivity index (χ2n) is 5.27. The van der Waals surface area contributed by atoms with Crippen molar-refractivity contribution in [3.63, 3.8) is 0 Å². The van der Waals surface area contributed by atoms with E-state index in [1.165, 1.54) is 0 Å². The molecule has 7 nitrogen and oxygen atoms in total. The van der Waals surface area contributed by atoms with Crippen LogP contribution >= 0.6 is 11.5 Å². The lowest BCUT2D eigenvalue weighted by molar-refractivity contribution is -0.0175. The molecule has 2 rings (SSSR count). The van der Waals surface area contributed by atoms with Crippen LogP contribution in [0.3, 0.4) is 0 Å². The Morgan fingerprint density at radius 1 is 1.62 bits per heavy atom. The van der Waals surface area contributed by atoms with Gasteiger partial charge in [0, 0.05) is 19.6 Å². The first kappa shape index (κ1) is 16.5. The quantitative estimate of drug-likeness (QED) is 0.706. The number of nitrogen functional groups attached to an aromatic ring is 1. The third kappa shape index (κ3) is 3.31. The predicted octanol–water partition coefficient (Wildman–Crippen LogP) is 0.861. The summed E-state index contributed by atoms with van der Waals surface area (Å²) in [5, 5.41) is 13.8. The van der Waals surface area contributed by atoms with Crippen LogP contribution < -0.4 is 11.1 Å². The third-order valence-electron chi connectivity index (χ3n) is 3.67. The Hall–Kier alpha value is -0.900. The van der Waals surface area contributed by atoms with Crippen LogP contribution in [0, 0.1) is 0 Å². The summed E-state index contributed by atoms with van der Waals surface area (Å²) in [6, 6.07) is 0. The van der Waals surface area contributed by atoms with E-state index in [9.17, 15) is 13.5 Å². The van der Waals surface area contributed by atoms with Gasteiger partial charge in [0.1, 0.15) is 15.5 Å². The Balaban J connectivity index is 2.19. The van der Waals surface area contributed by atoms with E-state index in [2.05, 4.69) is 9.69 Å². The molecule has 0 aliphatic carbocycles. The molecular weight excluding hydrogens is 314 g/mol. The SMILES string of the molecule is CCCS(=O)(=O)c1c(N)nsc1NCC1(O)CCOC1C. The van der Waals surface area contributed by atoms with Crippen molar-refractivity contribution in [3.05, 3.63) is 0 Å². The number of nitrogens with one attached hydrogen (secondary N) is 1. The maximum Gasteiger partial charge on any atom is 0.185 e. The summed E-state index contributed by atoms with van der Waals surface area (Å²) >= 11 is 0.995. The fourth-order valence-corrected chi connectivity index (χ4v) is 4.93. The first-order valence-corrected chi connectivity index (χ1v) is 9.28. The van der Waals surface area contributed by atoms with Crippen LogP contribution in [0.25, 0.3) is 0 Å². The van der Waals surface area contributed by atoms with Crippen LogP contribution in [0.1, 0.15) is 26.7 Å². The zero-order valence-electron chi connectivity index (χ0n) is 12.1. The molecule has 0 aromatic carbocycles. The second-order valence-corrected chi connectivity index (χ2v) is 8.08. The molecule has 0 bridgehead atoms. The topological polar surface area (TPSA) is 115 Å². The summed E-state index contributed by atoms with van der Waals surface area (Å²) in [7, 11) is -3.46. The average Bonchev–Trinajstić information content (AvgIpc) is 2.92. The van der Waals surface area contributed by atoms with Crippen LogP contribution in [0.4, 0.5) is 10.8 Å². The Morgan fingerprint density at radius 3 is 2.90 bits per heavy atom.